The number of rotatable bonds is 6. The van der Waals surface area contributed by atoms with Crippen LogP contribution in [0, 0.1) is 11.8 Å². The van der Waals surface area contributed by atoms with E-state index in [2.05, 4.69) is 20.6 Å². The first-order chi connectivity index (χ1) is 11.2. The highest BCUT2D eigenvalue weighted by molar-refractivity contribution is 5.82. The maximum Gasteiger partial charge on any atom is 0.141 e. The van der Waals surface area contributed by atoms with E-state index >= 15 is 0 Å². The smallest absolute Gasteiger partial charge is 0.141 e. The molecule has 0 N–H and O–H groups in total. The van der Waals surface area contributed by atoms with E-state index in [1.165, 1.54) is 0 Å². The Bertz CT molecular complexity index is 672. The second kappa shape index (κ2) is 9.05. The molecular formula is C16H26N6O2. The molecule has 0 atom stereocenters. The topological polar surface area (TPSA) is 95.6 Å². The molecule has 0 amide bonds. The molecule has 2 aromatic heterocycles. The van der Waals surface area contributed by atoms with Crippen molar-refractivity contribution in [1.29, 1.82) is 0 Å². The number of carbonyl (C=O) groups excluding carboxylic acids is 2. The largest absolute Gasteiger partial charge is 0.299 e. The lowest BCUT2D eigenvalue weighted by Crippen LogP contribution is -2.12. The van der Waals surface area contributed by atoms with Crippen molar-refractivity contribution in [3.63, 3.8) is 0 Å². The molecule has 0 aliphatic rings. The Morgan fingerprint density at radius 1 is 1.00 bits per heavy atom. The molecule has 0 unspecified atom stereocenters. The molecule has 8 nitrogen and oxygen atoms in total. The highest BCUT2D eigenvalue weighted by Crippen LogP contribution is 2.03. The Balaban J connectivity index is 0.000000240. The molecule has 132 valence electrons. The number of hydrogen-bond acceptors (Lipinski definition) is 6. The van der Waals surface area contributed by atoms with Crippen LogP contribution >= 0.6 is 0 Å². The molecule has 2 heterocycles. The Morgan fingerprint density at radius 2 is 1.58 bits per heavy atom. The van der Waals surface area contributed by atoms with Crippen molar-refractivity contribution in [2.24, 2.45) is 25.9 Å². The highest BCUT2D eigenvalue weighted by atomic mass is 16.1. The SMILES string of the molecule is CC(C)C(=O)Cc1cn(C)nn1.CC(C)C(=O)Cc1cnnn1C. The fourth-order valence-electron chi connectivity index (χ4n) is 1.71. The van der Waals surface area contributed by atoms with Crippen molar-refractivity contribution in [2.45, 2.75) is 40.5 Å². The minimum absolute atomic E-state index is 0.0759. The number of hydrogen-bond donors (Lipinski definition) is 0. The average molecular weight is 334 g/mol. The Labute approximate surface area is 142 Å². The Hall–Kier alpha value is -2.38. The van der Waals surface area contributed by atoms with Gasteiger partial charge in [-0.05, 0) is 0 Å². The summed E-state index contributed by atoms with van der Waals surface area (Å²) in [6.07, 6.45) is 4.22. The van der Waals surface area contributed by atoms with Crippen molar-refractivity contribution < 1.29 is 9.59 Å². The van der Waals surface area contributed by atoms with Crippen molar-refractivity contribution in [1.82, 2.24) is 30.0 Å². The third kappa shape index (κ3) is 6.39. The van der Waals surface area contributed by atoms with E-state index in [4.69, 9.17) is 0 Å². The summed E-state index contributed by atoms with van der Waals surface area (Å²) >= 11 is 0. The Morgan fingerprint density at radius 3 is 2.00 bits per heavy atom. The summed E-state index contributed by atoms with van der Waals surface area (Å²) in [6, 6.07) is 0. The minimum atomic E-state index is 0.0759. The highest BCUT2D eigenvalue weighted by Gasteiger charge is 2.11. The number of nitrogens with zero attached hydrogens (tertiary/aromatic N) is 6. The second-order valence-electron chi connectivity index (χ2n) is 6.33. The van der Waals surface area contributed by atoms with Crippen LogP contribution in [0.4, 0.5) is 0 Å². The maximum atomic E-state index is 11.3. The van der Waals surface area contributed by atoms with Crippen molar-refractivity contribution in [3.8, 4) is 0 Å². The molecule has 0 aromatic carbocycles. The fraction of sp³-hybridized carbons (Fsp3) is 0.625. The molecule has 0 spiro atoms. The first-order valence-corrected chi connectivity index (χ1v) is 7.94. The van der Waals surface area contributed by atoms with Gasteiger partial charge in [0.1, 0.15) is 11.6 Å². The van der Waals surface area contributed by atoms with Crippen LogP contribution in [0.5, 0.6) is 0 Å². The summed E-state index contributed by atoms with van der Waals surface area (Å²) in [7, 11) is 3.58. The number of Topliss-reactive ketones (excluding diaryl/α,β-unsaturated/α-hetero) is 2. The van der Waals surface area contributed by atoms with E-state index in [9.17, 15) is 9.59 Å². The first-order valence-electron chi connectivity index (χ1n) is 7.94. The van der Waals surface area contributed by atoms with E-state index in [-0.39, 0.29) is 23.4 Å². The lowest BCUT2D eigenvalue weighted by molar-refractivity contribution is -0.122. The van der Waals surface area contributed by atoms with Crippen LogP contribution in [0.3, 0.4) is 0 Å². The third-order valence-corrected chi connectivity index (χ3v) is 3.46. The van der Waals surface area contributed by atoms with E-state index in [0.29, 0.717) is 12.8 Å². The quantitative estimate of drug-likeness (QED) is 0.787. The molecule has 2 rings (SSSR count). The van der Waals surface area contributed by atoms with Gasteiger partial charge >= 0.3 is 0 Å². The minimum Gasteiger partial charge on any atom is -0.299 e. The first kappa shape index (κ1) is 19.7. The van der Waals surface area contributed by atoms with Crippen LogP contribution in [0.2, 0.25) is 0 Å². The molecule has 24 heavy (non-hydrogen) atoms. The lowest BCUT2D eigenvalue weighted by Gasteiger charge is -2.02. The molecule has 8 heteroatoms. The summed E-state index contributed by atoms with van der Waals surface area (Å²) in [5.74, 6) is 0.586. The molecule has 0 fully saturated rings. The summed E-state index contributed by atoms with van der Waals surface area (Å²) in [5, 5.41) is 15.0. The van der Waals surface area contributed by atoms with Crippen LogP contribution in [0.1, 0.15) is 39.1 Å². The van der Waals surface area contributed by atoms with Gasteiger partial charge in [-0.25, -0.2) is 0 Å². The van der Waals surface area contributed by atoms with Gasteiger partial charge in [-0.2, -0.15) is 0 Å². The van der Waals surface area contributed by atoms with Crippen LogP contribution in [0.15, 0.2) is 12.4 Å². The van der Waals surface area contributed by atoms with Crippen LogP contribution in [-0.4, -0.2) is 41.6 Å². The standard InChI is InChI=1S/2C8H13N3O/c1-6(2)8(12)4-7-5-11(3)10-9-7;1-6(2)8(12)4-7-5-9-10-11(7)3/h2*5-6H,4H2,1-3H3. The third-order valence-electron chi connectivity index (χ3n) is 3.46. The maximum absolute atomic E-state index is 11.3. The summed E-state index contributed by atoms with van der Waals surface area (Å²) in [6.45, 7) is 7.57. The van der Waals surface area contributed by atoms with E-state index < -0.39 is 0 Å². The average Bonchev–Trinajstić information content (AvgIpc) is 3.08. The van der Waals surface area contributed by atoms with E-state index in [0.717, 1.165) is 11.4 Å². The van der Waals surface area contributed by atoms with E-state index in [1.54, 1.807) is 35.9 Å². The van der Waals surface area contributed by atoms with Gasteiger partial charge in [0.2, 0.25) is 0 Å². The van der Waals surface area contributed by atoms with Crippen LogP contribution in [0.25, 0.3) is 0 Å². The molecule has 2 aromatic rings. The summed E-state index contributed by atoms with van der Waals surface area (Å²) < 4.78 is 3.23. The van der Waals surface area contributed by atoms with Gasteiger partial charge in [0.15, 0.2) is 0 Å². The monoisotopic (exact) mass is 334 g/mol. The van der Waals surface area contributed by atoms with Crippen LogP contribution < -0.4 is 0 Å². The van der Waals surface area contributed by atoms with Gasteiger partial charge in [0.25, 0.3) is 0 Å². The number of aromatic nitrogens is 6. The number of ketones is 2. The van der Waals surface area contributed by atoms with Gasteiger partial charge in [0.05, 0.1) is 30.4 Å². The zero-order valence-electron chi connectivity index (χ0n) is 15.2. The fourth-order valence-corrected chi connectivity index (χ4v) is 1.71. The molecule has 0 bridgehead atoms. The van der Waals surface area contributed by atoms with Crippen molar-refractivity contribution in [2.75, 3.05) is 0 Å². The molecular weight excluding hydrogens is 308 g/mol. The van der Waals surface area contributed by atoms with Gasteiger partial charge < -0.3 is 0 Å². The van der Waals surface area contributed by atoms with Gasteiger partial charge in [-0.1, -0.05) is 38.1 Å². The van der Waals surface area contributed by atoms with E-state index in [1.807, 2.05) is 27.7 Å². The molecule has 0 radical (unpaired) electrons. The molecule has 0 aliphatic carbocycles. The van der Waals surface area contributed by atoms with Crippen LogP contribution in [-0.2, 0) is 36.5 Å². The van der Waals surface area contributed by atoms with Gasteiger partial charge in [0, 0.05) is 32.1 Å². The lowest BCUT2D eigenvalue weighted by atomic mass is 10.1. The zero-order valence-corrected chi connectivity index (χ0v) is 15.2. The predicted octanol–water partition coefficient (Wildman–Crippen LogP) is 1.17. The van der Waals surface area contributed by atoms with Crippen molar-refractivity contribution >= 4 is 11.6 Å². The predicted molar refractivity (Wildman–Crippen MR) is 89.1 cm³/mol. The number of aryl methyl sites for hydroxylation is 2. The number of carbonyl (C=O) groups is 2. The summed E-state index contributed by atoms with van der Waals surface area (Å²) in [5.41, 5.74) is 1.62. The normalized spacial score (nSPS) is 10.7. The molecule has 0 saturated heterocycles. The Kier molecular flexibility index (Phi) is 7.41. The van der Waals surface area contributed by atoms with Gasteiger partial charge in [-0.3, -0.25) is 19.0 Å². The molecule has 0 saturated carbocycles. The second-order valence-corrected chi connectivity index (χ2v) is 6.33. The van der Waals surface area contributed by atoms with Gasteiger partial charge in [-0.15, -0.1) is 10.2 Å². The van der Waals surface area contributed by atoms with Crippen molar-refractivity contribution in [3.05, 3.63) is 23.8 Å². The summed E-state index contributed by atoms with van der Waals surface area (Å²) in [4.78, 5) is 22.5. The molecule has 0 aliphatic heterocycles. The zero-order chi connectivity index (χ0) is 18.3.